The molecule has 0 saturated carbocycles. The number of esters is 1. The number of rotatable bonds is 5. The number of halogens is 1. The molecule has 0 saturated heterocycles. The van der Waals surface area contributed by atoms with E-state index in [1.807, 2.05) is 0 Å². The molecule has 1 rings (SSSR count). The zero-order chi connectivity index (χ0) is 17.6. The number of amides is 1. The van der Waals surface area contributed by atoms with E-state index in [-0.39, 0.29) is 12.4 Å². The van der Waals surface area contributed by atoms with E-state index in [0.29, 0.717) is 10.0 Å². The number of aromatic hydroxyl groups is 1. The van der Waals surface area contributed by atoms with Crippen molar-refractivity contribution in [1.29, 1.82) is 0 Å². The number of phenols is 1. The molecule has 0 radical (unpaired) electrons. The summed E-state index contributed by atoms with van der Waals surface area (Å²) in [5.41, 5.74) is -0.260. The number of hydrogen-bond donors (Lipinski definition) is 2. The van der Waals surface area contributed by atoms with Crippen molar-refractivity contribution < 1.29 is 24.2 Å². The van der Waals surface area contributed by atoms with Gasteiger partial charge in [0.05, 0.1) is 4.47 Å². The Kier molecular flexibility index (Phi) is 6.62. The standard InChI is InChI=1S/C16H20BrNO5/c1-5-8-22-14(20)13(18-15(21)23-16(2,3)4)10-6-7-12(19)11(17)9-10/h5-7,9,13,19H,1,8H2,2-4H3,(H,18,21)/t13-/m0/s1. The first-order valence-corrected chi connectivity index (χ1v) is 7.69. The summed E-state index contributed by atoms with van der Waals surface area (Å²) in [5, 5.41) is 12.0. The van der Waals surface area contributed by atoms with Crippen LogP contribution >= 0.6 is 15.9 Å². The Hall–Kier alpha value is -2.02. The van der Waals surface area contributed by atoms with Gasteiger partial charge < -0.3 is 19.9 Å². The second-order valence-electron chi connectivity index (χ2n) is 5.71. The molecule has 7 heteroatoms. The predicted octanol–water partition coefficient (Wildman–Crippen LogP) is 3.45. The van der Waals surface area contributed by atoms with Gasteiger partial charge in [-0.05, 0) is 54.4 Å². The molecule has 6 nitrogen and oxygen atoms in total. The highest BCUT2D eigenvalue weighted by molar-refractivity contribution is 9.10. The summed E-state index contributed by atoms with van der Waals surface area (Å²) in [5.74, 6) is -0.641. The number of ether oxygens (including phenoxy) is 2. The summed E-state index contributed by atoms with van der Waals surface area (Å²) in [7, 11) is 0. The lowest BCUT2D eigenvalue weighted by Crippen LogP contribution is -2.38. The fourth-order valence-corrected chi connectivity index (χ4v) is 2.03. The van der Waals surface area contributed by atoms with Crippen LogP contribution in [-0.2, 0) is 14.3 Å². The van der Waals surface area contributed by atoms with Gasteiger partial charge in [0.25, 0.3) is 0 Å². The molecule has 0 aliphatic heterocycles. The molecule has 1 amide bonds. The Balaban J connectivity index is 3.01. The van der Waals surface area contributed by atoms with Gasteiger partial charge >= 0.3 is 12.1 Å². The van der Waals surface area contributed by atoms with Crippen LogP contribution in [0.2, 0.25) is 0 Å². The van der Waals surface area contributed by atoms with Gasteiger partial charge in [-0.25, -0.2) is 9.59 Å². The summed E-state index contributed by atoms with van der Waals surface area (Å²) in [6.45, 7) is 8.64. The number of carbonyl (C=O) groups is 2. The minimum atomic E-state index is -1.07. The van der Waals surface area contributed by atoms with Gasteiger partial charge in [-0.15, -0.1) is 0 Å². The Morgan fingerprint density at radius 1 is 1.43 bits per heavy atom. The van der Waals surface area contributed by atoms with Gasteiger partial charge in [-0.2, -0.15) is 0 Å². The molecular weight excluding hydrogens is 366 g/mol. The molecule has 1 aromatic rings. The Labute approximate surface area is 143 Å². The Bertz CT molecular complexity index is 595. The summed E-state index contributed by atoms with van der Waals surface area (Å²) in [4.78, 5) is 24.1. The van der Waals surface area contributed by atoms with Crippen LogP contribution in [0.5, 0.6) is 5.75 Å². The van der Waals surface area contributed by atoms with Crippen molar-refractivity contribution in [2.45, 2.75) is 32.4 Å². The molecule has 23 heavy (non-hydrogen) atoms. The third-order valence-corrected chi connectivity index (χ3v) is 3.18. The third-order valence-electron chi connectivity index (χ3n) is 2.55. The van der Waals surface area contributed by atoms with Gasteiger partial charge in [0.2, 0.25) is 0 Å². The van der Waals surface area contributed by atoms with Crippen LogP contribution in [0.15, 0.2) is 35.3 Å². The Morgan fingerprint density at radius 2 is 2.09 bits per heavy atom. The van der Waals surface area contributed by atoms with Gasteiger partial charge in [0, 0.05) is 0 Å². The van der Waals surface area contributed by atoms with E-state index in [2.05, 4.69) is 27.8 Å². The lowest BCUT2D eigenvalue weighted by Gasteiger charge is -2.23. The highest BCUT2D eigenvalue weighted by Crippen LogP contribution is 2.28. The van der Waals surface area contributed by atoms with E-state index >= 15 is 0 Å². The number of carbonyl (C=O) groups excluding carboxylic acids is 2. The molecule has 1 aromatic carbocycles. The number of alkyl carbamates (subject to hydrolysis) is 1. The van der Waals surface area contributed by atoms with Crippen LogP contribution in [0.4, 0.5) is 4.79 Å². The summed E-state index contributed by atoms with van der Waals surface area (Å²) >= 11 is 3.17. The maximum absolute atomic E-state index is 12.2. The molecule has 0 bridgehead atoms. The zero-order valence-electron chi connectivity index (χ0n) is 13.3. The van der Waals surface area contributed by atoms with Crippen LogP contribution < -0.4 is 5.32 Å². The molecule has 0 aliphatic carbocycles. The van der Waals surface area contributed by atoms with Crippen molar-refractivity contribution in [2.24, 2.45) is 0 Å². The molecule has 0 spiro atoms. The molecule has 0 fully saturated rings. The van der Waals surface area contributed by atoms with Crippen molar-refractivity contribution in [2.75, 3.05) is 6.61 Å². The summed E-state index contributed by atoms with van der Waals surface area (Å²) < 4.78 is 10.6. The first kappa shape index (κ1) is 19.0. The molecule has 1 atom stereocenters. The maximum atomic E-state index is 12.2. The SMILES string of the molecule is C=CCOC(=O)[C@@H](NC(=O)OC(C)(C)C)c1ccc(O)c(Br)c1. The average Bonchev–Trinajstić information content (AvgIpc) is 2.43. The monoisotopic (exact) mass is 385 g/mol. The largest absolute Gasteiger partial charge is 0.507 e. The maximum Gasteiger partial charge on any atom is 0.408 e. The lowest BCUT2D eigenvalue weighted by molar-refractivity contribution is -0.145. The van der Waals surface area contributed by atoms with Crippen molar-refractivity contribution in [3.05, 3.63) is 40.9 Å². The number of phenolic OH excluding ortho intramolecular Hbond substituents is 1. The first-order valence-electron chi connectivity index (χ1n) is 6.89. The van der Waals surface area contributed by atoms with Crippen LogP contribution in [0.25, 0.3) is 0 Å². The fraction of sp³-hybridized carbons (Fsp3) is 0.375. The van der Waals surface area contributed by atoms with E-state index in [4.69, 9.17) is 9.47 Å². The molecule has 0 aromatic heterocycles. The highest BCUT2D eigenvalue weighted by Gasteiger charge is 2.27. The topological polar surface area (TPSA) is 84.9 Å². The van der Waals surface area contributed by atoms with E-state index < -0.39 is 23.7 Å². The highest BCUT2D eigenvalue weighted by atomic mass is 79.9. The van der Waals surface area contributed by atoms with Crippen molar-refractivity contribution >= 4 is 28.0 Å². The molecule has 0 unspecified atom stereocenters. The smallest absolute Gasteiger partial charge is 0.408 e. The molecule has 2 N–H and O–H groups in total. The van der Waals surface area contributed by atoms with Gasteiger partial charge in [0.1, 0.15) is 18.0 Å². The van der Waals surface area contributed by atoms with E-state index in [1.165, 1.54) is 24.3 Å². The first-order chi connectivity index (χ1) is 10.6. The van der Waals surface area contributed by atoms with Crippen molar-refractivity contribution in [3.63, 3.8) is 0 Å². The normalized spacial score (nSPS) is 12.2. The average molecular weight is 386 g/mol. The van der Waals surface area contributed by atoms with Gasteiger partial charge in [-0.1, -0.05) is 18.7 Å². The number of benzene rings is 1. The zero-order valence-corrected chi connectivity index (χ0v) is 14.8. The summed E-state index contributed by atoms with van der Waals surface area (Å²) in [6.07, 6.45) is 0.678. The second kappa shape index (κ2) is 8.01. The molecule has 0 heterocycles. The van der Waals surface area contributed by atoms with Crippen LogP contribution in [-0.4, -0.2) is 29.4 Å². The van der Waals surface area contributed by atoms with Crippen LogP contribution in [0.1, 0.15) is 32.4 Å². The quantitative estimate of drug-likeness (QED) is 0.598. The molecular formula is C16H20BrNO5. The minimum Gasteiger partial charge on any atom is -0.507 e. The second-order valence-corrected chi connectivity index (χ2v) is 6.56. The van der Waals surface area contributed by atoms with E-state index in [0.717, 1.165) is 0 Å². The van der Waals surface area contributed by atoms with E-state index in [1.54, 1.807) is 20.8 Å². The minimum absolute atomic E-state index is 0.0178. The third kappa shape index (κ3) is 6.32. The van der Waals surface area contributed by atoms with Gasteiger partial charge in [-0.3, -0.25) is 0 Å². The Morgan fingerprint density at radius 3 is 2.61 bits per heavy atom. The predicted molar refractivity (Wildman–Crippen MR) is 89.1 cm³/mol. The summed E-state index contributed by atoms with van der Waals surface area (Å²) in [6, 6.07) is 3.37. The molecule has 126 valence electrons. The van der Waals surface area contributed by atoms with Gasteiger partial charge in [0.15, 0.2) is 6.04 Å². The molecule has 0 aliphatic rings. The van der Waals surface area contributed by atoms with Crippen molar-refractivity contribution in [3.8, 4) is 5.75 Å². The number of nitrogens with one attached hydrogen (secondary N) is 1. The van der Waals surface area contributed by atoms with Crippen LogP contribution in [0, 0.1) is 0 Å². The van der Waals surface area contributed by atoms with Crippen molar-refractivity contribution in [1.82, 2.24) is 5.32 Å². The fourth-order valence-electron chi connectivity index (χ4n) is 1.63. The van der Waals surface area contributed by atoms with Crippen LogP contribution in [0.3, 0.4) is 0 Å². The van der Waals surface area contributed by atoms with E-state index in [9.17, 15) is 14.7 Å². The lowest BCUT2D eigenvalue weighted by atomic mass is 10.1. The number of hydrogen-bond acceptors (Lipinski definition) is 5.